The van der Waals surface area contributed by atoms with Gasteiger partial charge in [-0.2, -0.15) is 5.10 Å². The summed E-state index contributed by atoms with van der Waals surface area (Å²) in [4.78, 5) is 0. The molecule has 0 saturated heterocycles. The largest absolute Gasteiger partial charge is 0.393 e. The summed E-state index contributed by atoms with van der Waals surface area (Å²) in [6, 6.07) is 0. The zero-order valence-electron chi connectivity index (χ0n) is 9.91. The van der Waals surface area contributed by atoms with Crippen molar-refractivity contribution in [2.75, 3.05) is 0 Å². The molecule has 0 aromatic carbocycles. The molecule has 1 aliphatic rings. The molecule has 90 valence electrons. The van der Waals surface area contributed by atoms with Gasteiger partial charge in [-0.25, -0.2) is 0 Å². The van der Waals surface area contributed by atoms with Crippen molar-refractivity contribution in [1.82, 2.24) is 9.78 Å². The molecular formula is C12H19ClN2O. The Balaban J connectivity index is 1.96. The molecule has 0 amide bonds. The molecule has 4 heteroatoms. The van der Waals surface area contributed by atoms with E-state index in [2.05, 4.69) is 5.10 Å². The lowest BCUT2D eigenvalue weighted by Gasteiger charge is -2.27. The summed E-state index contributed by atoms with van der Waals surface area (Å²) in [7, 11) is 1.83. The molecule has 0 aliphatic heterocycles. The zero-order valence-corrected chi connectivity index (χ0v) is 10.7. The Morgan fingerprint density at radius 2 is 2.25 bits per heavy atom. The second kappa shape index (κ2) is 4.76. The van der Waals surface area contributed by atoms with Gasteiger partial charge in [0.05, 0.1) is 11.8 Å². The number of rotatable bonds is 4. The Hall–Kier alpha value is -0.540. The molecule has 0 bridgehead atoms. The average molecular weight is 243 g/mol. The van der Waals surface area contributed by atoms with Crippen LogP contribution in [0.25, 0.3) is 0 Å². The molecule has 1 aliphatic carbocycles. The number of aliphatic hydroxyl groups is 1. The van der Waals surface area contributed by atoms with E-state index >= 15 is 0 Å². The van der Waals surface area contributed by atoms with Crippen LogP contribution in [0.4, 0.5) is 0 Å². The molecule has 1 unspecified atom stereocenters. The highest BCUT2D eigenvalue weighted by Gasteiger charge is 2.22. The predicted molar refractivity (Wildman–Crippen MR) is 64.6 cm³/mol. The van der Waals surface area contributed by atoms with Gasteiger partial charge in [0.1, 0.15) is 5.15 Å². The molecule has 1 aromatic heterocycles. The van der Waals surface area contributed by atoms with Crippen molar-refractivity contribution >= 4 is 11.6 Å². The van der Waals surface area contributed by atoms with Crippen molar-refractivity contribution in [3.8, 4) is 0 Å². The van der Waals surface area contributed by atoms with Crippen LogP contribution < -0.4 is 0 Å². The Kier molecular flexibility index (Phi) is 3.55. The number of hydrogen-bond acceptors (Lipinski definition) is 2. The molecule has 1 N–H and O–H groups in total. The molecule has 1 saturated carbocycles. The molecule has 1 heterocycles. The second-order valence-corrected chi connectivity index (χ2v) is 5.23. The maximum atomic E-state index is 10.0. The van der Waals surface area contributed by atoms with Crippen LogP contribution in [0.2, 0.25) is 5.15 Å². The maximum absolute atomic E-state index is 10.0. The summed E-state index contributed by atoms with van der Waals surface area (Å²) in [6.45, 7) is 1.94. The molecule has 1 atom stereocenters. The molecule has 0 radical (unpaired) electrons. The Morgan fingerprint density at radius 3 is 2.69 bits per heavy atom. The van der Waals surface area contributed by atoms with Gasteiger partial charge in [0, 0.05) is 19.0 Å². The summed E-state index contributed by atoms with van der Waals surface area (Å²) in [6.07, 6.45) is 5.14. The number of aryl methyl sites for hydroxylation is 2. The molecule has 2 rings (SSSR count). The van der Waals surface area contributed by atoms with Crippen molar-refractivity contribution in [1.29, 1.82) is 0 Å². The van der Waals surface area contributed by atoms with Crippen molar-refractivity contribution < 1.29 is 5.11 Å². The number of halogens is 1. The molecule has 0 spiro atoms. The Labute approximate surface area is 101 Å². The summed E-state index contributed by atoms with van der Waals surface area (Å²) in [5.41, 5.74) is 1.93. The molecular weight excluding hydrogens is 224 g/mol. The van der Waals surface area contributed by atoms with Crippen LogP contribution >= 0.6 is 11.6 Å². The van der Waals surface area contributed by atoms with Crippen LogP contribution in [0.3, 0.4) is 0 Å². The predicted octanol–water partition coefficient (Wildman–Crippen LogP) is 2.48. The van der Waals surface area contributed by atoms with Crippen LogP contribution in [-0.2, 0) is 13.5 Å². The number of hydrogen-bond donors (Lipinski definition) is 1. The van der Waals surface area contributed by atoms with Crippen molar-refractivity contribution in [3.63, 3.8) is 0 Å². The van der Waals surface area contributed by atoms with E-state index < -0.39 is 0 Å². The fourth-order valence-electron chi connectivity index (χ4n) is 2.34. The van der Waals surface area contributed by atoms with Crippen LogP contribution in [0.5, 0.6) is 0 Å². The first-order chi connectivity index (χ1) is 7.58. The van der Waals surface area contributed by atoms with Gasteiger partial charge in [-0.1, -0.05) is 30.9 Å². The summed E-state index contributed by atoms with van der Waals surface area (Å²) < 4.78 is 1.67. The van der Waals surface area contributed by atoms with E-state index in [9.17, 15) is 5.11 Å². The van der Waals surface area contributed by atoms with E-state index in [1.165, 1.54) is 19.3 Å². The molecule has 1 fully saturated rings. The minimum Gasteiger partial charge on any atom is -0.393 e. The summed E-state index contributed by atoms with van der Waals surface area (Å²) in [5.74, 6) is 0.728. The smallest absolute Gasteiger partial charge is 0.130 e. The van der Waals surface area contributed by atoms with E-state index in [1.807, 2.05) is 14.0 Å². The van der Waals surface area contributed by atoms with Gasteiger partial charge in [0.2, 0.25) is 0 Å². The SMILES string of the molecule is Cc1nn(C)c(Cl)c1CC(O)CC1CCC1. The van der Waals surface area contributed by atoms with E-state index in [0.717, 1.165) is 23.6 Å². The van der Waals surface area contributed by atoms with Crippen LogP contribution in [0, 0.1) is 12.8 Å². The highest BCUT2D eigenvalue weighted by Crippen LogP contribution is 2.31. The topological polar surface area (TPSA) is 38.0 Å². The molecule has 3 nitrogen and oxygen atoms in total. The summed E-state index contributed by atoms with van der Waals surface area (Å²) in [5, 5.41) is 14.9. The molecule has 16 heavy (non-hydrogen) atoms. The normalized spacial score (nSPS) is 18.5. The van der Waals surface area contributed by atoms with Gasteiger partial charge < -0.3 is 5.11 Å². The fraction of sp³-hybridized carbons (Fsp3) is 0.750. The van der Waals surface area contributed by atoms with E-state index in [0.29, 0.717) is 11.6 Å². The first-order valence-electron chi connectivity index (χ1n) is 5.94. The average Bonchev–Trinajstić information content (AvgIpc) is 2.39. The van der Waals surface area contributed by atoms with Crippen molar-refractivity contribution in [2.45, 2.75) is 45.1 Å². The quantitative estimate of drug-likeness (QED) is 0.881. The Bertz CT molecular complexity index is 371. The van der Waals surface area contributed by atoms with Gasteiger partial charge in [0.25, 0.3) is 0 Å². The number of aromatic nitrogens is 2. The van der Waals surface area contributed by atoms with Gasteiger partial charge in [-0.3, -0.25) is 4.68 Å². The monoisotopic (exact) mass is 242 g/mol. The van der Waals surface area contributed by atoms with Crippen LogP contribution in [0.1, 0.15) is 36.9 Å². The van der Waals surface area contributed by atoms with E-state index in [-0.39, 0.29) is 6.10 Å². The third-order valence-electron chi connectivity index (χ3n) is 3.54. The van der Waals surface area contributed by atoms with Crippen LogP contribution in [-0.4, -0.2) is 21.0 Å². The van der Waals surface area contributed by atoms with Gasteiger partial charge in [-0.15, -0.1) is 0 Å². The highest BCUT2D eigenvalue weighted by molar-refractivity contribution is 6.30. The van der Waals surface area contributed by atoms with Gasteiger partial charge in [0.15, 0.2) is 0 Å². The second-order valence-electron chi connectivity index (χ2n) is 4.87. The van der Waals surface area contributed by atoms with E-state index in [4.69, 9.17) is 11.6 Å². The van der Waals surface area contributed by atoms with E-state index in [1.54, 1.807) is 4.68 Å². The lowest BCUT2D eigenvalue weighted by atomic mass is 9.80. The van der Waals surface area contributed by atoms with Gasteiger partial charge in [-0.05, 0) is 19.3 Å². The maximum Gasteiger partial charge on any atom is 0.130 e. The lowest BCUT2D eigenvalue weighted by Crippen LogP contribution is -2.21. The standard InChI is InChI=1S/C12H19ClN2O/c1-8-11(12(13)15(2)14-8)7-10(16)6-9-4-3-5-9/h9-10,16H,3-7H2,1-2H3. The minimum absolute atomic E-state index is 0.273. The van der Waals surface area contributed by atoms with Crippen molar-refractivity contribution in [3.05, 3.63) is 16.4 Å². The van der Waals surface area contributed by atoms with Gasteiger partial charge >= 0.3 is 0 Å². The first-order valence-corrected chi connectivity index (χ1v) is 6.31. The fourth-order valence-corrected chi connectivity index (χ4v) is 2.59. The highest BCUT2D eigenvalue weighted by atomic mass is 35.5. The minimum atomic E-state index is -0.273. The van der Waals surface area contributed by atoms with Crippen LogP contribution in [0.15, 0.2) is 0 Å². The molecule has 1 aromatic rings. The third kappa shape index (κ3) is 2.41. The van der Waals surface area contributed by atoms with Crippen molar-refractivity contribution in [2.24, 2.45) is 13.0 Å². The lowest BCUT2D eigenvalue weighted by molar-refractivity contribution is 0.117. The first kappa shape index (κ1) is 11.9. The number of nitrogens with zero attached hydrogens (tertiary/aromatic N) is 2. The third-order valence-corrected chi connectivity index (χ3v) is 4.01. The Morgan fingerprint density at radius 1 is 1.56 bits per heavy atom. The zero-order chi connectivity index (χ0) is 11.7. The summed E-state index contributed by atoms with van der Waals surface area (Å²) >= 11 is 6.13. The number of aliphatic hydroxyl groups excluding tert-OH is 1.